The first-order chi connectivity index (χ1) is 8.53. The Morgan fingerprint density at radius 3 is 2.26 bits per heavy atom. The summed E-state index contributed by atoms with van der Waals surface area (Å²) in [5.41, 5.74) is -1.11. The summed E-state index contributed by atoms with van der Waals surface area (Å²) in [5.74, 6) is -0.832. The Kier molecular flexibility index (Phi) is 4.09. The molecule has 19 heavy (non-hydrogen) atoms. The van der Waals surface area contributed by atoms with Crippen LogP contribution in [0.25, 0.3) is 0 Å². The molecule has 0 spiro atoms. The molecule has 0 amide bonds. The second kappa shape index (κ2) is 5.08. The zero-order chi connectivity index (χ0) is 14.8. The highest BCUT2D eigenvalue weighted by Gasteiger charge is 2.21. The van der Waals surface area contributed by atoms with Gasteiger partial charge in [0.05, 0.1) is 5.56 Å². The number of carbonyl (C=O) groups is 2. The molecule has 0 atom stereocenters. The summed E-state index contributed by atoms with van der Waals surface area (Å²) in [7, 11) is -5.00. The molecule has 0 bridgehead atoms. The average molecular weight is 288 g/mol. The molecule has 5 nitrogen and oxygen atoms in total. The van der Waals surface area contributed by atoms with Crippen LogP contribution < -0.4 is 0 Å². The monoisotopic (exact) mass is 288 g/mol. The number of aldehydes is 1. The number of rotatable bonds is 3. The first-order valence-electron chi connectivity index (χ1n) is 5.31. The molecular weight excluding hydrogens is 275 g/mol. The van der Waals surface area contributed by atoms with Crippen LogP contribution in [0, 0.1) is 0 Å². The van der Waals surface area contributed by atoms with E-state index in [1.54, 1.807) is 20.8 Å². The van der Waals surface area contributed by atoms with Gasteiger partial charge < -0.3 is 4.74 Å². The fraction of sp³-hybridized carbons (Fsp3) is 0.333. The van der Waals surface area contributed by atoms with Gasteiger partial charge in [-0.1, -0.05) is 0 Å². The number of hydrogen-bond acceptors (Lipinski definition) is 5. The van der Waals surface area contributed by atoms with Crippen molar-refractivity contribution in [1.82, 2.24) is 0 Å². The molecular formula is C12H13FO5S. The molecule has 0 saturated carbocycles. The van der Waals surface area contributed by atoms with E-state index >= 15 is 0 Å². The van der Waals surface area contributed by atoms with Crippen LogP contribution in [0.4, 0.5) is 3.89 Å². The molecule has 0 aliphatic heterocycles. The van der Waals surface area contributed by atoms with Crippen molar-refractivity contribution in [2.24, 2.45) is 0 Å². The van der Waals surface area contributed by atoms with Crippen LogP contribution in [-0.4, -0.2) is 26.3 Å². The van der Waals surface area contributed by atoms with Gasteiger partial charge in [0.25, 0.3) is 0 Å². The van der Waals surface area contributed by atoms with E-state index < -0.39 is 26.7 Å². The molecule has 0 aliphatic carbocycles. The van der Waals surface area contributed by atoms with Crippen molar-refractivity contribution in [3.63, 3.8) is 0 Å². The zero-order valence-electron chi connectivity index (χ0n) is 10.6. The lowest BCUT2D eigenvalue weighted by atomic mass is 10.1. The third-order valence-electron chi connectivity index (χ3n) is 1.98. The zero-order valence-corrected chi connectivity index (χ0v) is 11.5. The van der Waals surface area contributed by atoms with E-state index in [1.165, 1.54) is 0 Å². The second-order valence-corrected chi connectivity index (χ2v) is 6.20. The molecule has 1 aromatic carbocycles. The van der Waals surface area contributed by atoms with Crippen LogP contribution in [0.15, 0.2) is 23.1 Å². The maximum Gasteiger partial charge on any atom is 0.338 e. The Bertz CT molecular complexity index is 613. The van der Waals surface area contributed by atoms with Gasteiger partial charge in [0.1, 0.15) is 16.8 Å². The Morgan fingerprint density at radius 2 is 1.84 bits per heavy atom. The van der Waals surface area contributed by atoms with Crippen molar-refractivity contribution in [1.29, 1.82) is 0 Å². The van der Waals surface area contributed by atoms with Crippen LogP contribution >= 0.6 is 0 Å². The third-order valence-corrected chi connectivity index (χ3v) is 2.78. The number of esters is 1. The maximum atomic E-state index is 12.9. The van der Waals surface area contributed by atoms with E-state index in [0.717, 1.165) is 18.2 Å². The molecule has 7 heteroatoms. The second-order valence-electron chi connectivity index (χ2n) is 4.85. The Balaban J connectivity index is 3.29. The predicted octanol–water partition coefficient (Wildman–Crippen LogP) is 2.11. The smallest absolute Gasteiger partial charge is 0.338 e. The van der Waals surface area contributed by atoms with E-state index in [-0.39, 0.29) is 11.1 Å². The minimum Gasteiger partial charge on any atom is -0.456 e. The van der Waals surface area contributed by atoms with Gasteiger partial charge >= 0.3 is 16.2 Å². The summed E-state index contributed by atoms with van der Waals surface area (Å²) >= 11 is 0. The van der Waals surface area contributed by atoms with E-state index in [4.69, 9.17) is 4.74 Å². The van der Waals surface area contributed by atoms with E-state index in [1.807, 2.05) is 0 Å². The summed E-state index contributed by atoms with van der Waals surface area (Å²) in [4.78, 5) is 21.7. The topological polar surface area (TPSA) is 77.5 Å². The number of halogens is 1. The average Bonchev–Trinajstić information content (AvgIpc) is 2.25. The number of benzene rings is 1. The van der Waals surface area contributed by atoms with Crippen LogP contribution in [0.1, 0.15) is 41.5 Å². The van der Waals surface area contributed by atoms with Gasteiger partial charge in [0.2, 0.25) is 0 Å². The maximum absolute atomic E-state index is 12.9. The summed E-state index contributed by atoms with van der Waals surface area (Å²) in [6.45, 7) is 4.88. The van der Waals surface area contributed by atoms with Crippen molar-refractivity contribution in [2.75, 3.05) is 0 Å². The van der Waals surface area contributed by atoms with Crippen LogP contribution in [0.5, 0.6) is 0 Å². The van der Waals surface area contributed by atoms with Gasteiger partial charge in [-0.25, -0.2) is 4.79 Å². The van der Waals surface area contributed by atoms with Crippen LogP contribution in [-0.2, 0) is 15.0 Å². The third kappa shape index (κ3) is 4.44. The minimum atomic E-state index is -5.00. The molecule has 0 fully saturated rings. The molecule has 0 saturated heterocycles. The molecule has 104 valence electrons. The normalized spacial score (nSPS) is 12.0. The Hall–Kier alpha value is -1.76. The van der Waals surface area contributed by atoms with E-state index in [0.29, 0.717) is 6.29 Å². The molecule has 0 heterocycles. The highest BCUT2D eigenvalue weighted by atomic mass is 32.3. The summed E-state index contributed by atoms with van der Waals surface area (Å²) < 4.78 is 39.6. The summed E-state index contributed by atoms with van der Waals surface area (Å²) in [5, 5.41) is 0. The molecule has 1 rings (SSSR count). The van der Waals surface area contributed by atoms with Crippen molar-refractivity contribution >= 4 is 22.5 Å². The summed E-state index contributed by atoms with van der Waals surface area (Å²) in [6, 6.07) is 2.81. The van der Waals surface area contributed by atoms with Crippen molar-refractivity contribution < 1.29 is 26.6 Å². The number of hydrogen-bond donors (Lipinski definition) is 0. The van der Waals surface area contributed by atoms with Crippen molar-refractivity contribution in [3.8, 4) is 0 Å². The molecule has 0 unspecified atom stereocenters. The first kappa shape index (κ1) is 15.3. The van der Waals surface area contributed by atoms with Crippen molar-refractivity contribution in [2.45, 2.75) is 31.3 Å². The Labute approximate surface area is 110 Å². The highest BCUT2D eigenvalue weighted by Crippen LogP contribution is 2.19. The fourth-order valence-electron chi connectivity index (χ4n) is 1.29. The fourth-order valence-corrected chi connectivity index (χ4v) is 1.83. The highest BCUT2D eigenvalue weighted by molar-refractivity contribution is 7.86. The van der Waals surface area contributed by atoms with E-state index in [9.17, 15) is 21.9 Å². The predicted molar refractivity (Wildman–Crippen MR) is 65.3 cm³/mol. The Morgan fingerprint density at radius 1 is 1.26 bits per heavy atom. The van der Waals surface area contributed by atoms with Gasteiger partial charge in [-0.3, -0.25) is 4.79 Å². The van der Waals surface area contributed by atoms with Gasteiger partial charge in [0.15, 0.2) is 0 Å². The first-order valence-corrected chi connectivity index (χ1v) is 6.69. The van der Waals surface area contributed by atoms with Gasteiger partial charge in [-0.05, 0) is 39.0 Å². The molecule has 1 aromatic rings. The van der Waals surface area contributed by atoms with Gasteiger partial charge in [0, 0.05) is 5.56 Å². The molecule has 0 N–H and O–H groups in total. The van der Waals surface area contributed by atoms with Crippen LogP contribution in [0.2, 0.25) is 0 Å². The minimum absolute atomic E-state index is 0.125. The molecule has 0 aliphatic rings. The van der Waals surface area contributed by atoms with E-state index in [2.05, 4.69) is 0 Å². The standard InChI is InChI=1S/C12H13FO5S/c1-12(2,3)18-11(15)9-4-8(7-14)5-10(6-9)19(13,16)17/h4-7H,1-3H3. The molecule has 0 radical (unpaired) electrons. The quantitative estimate of drug-likeness (QED) is 0.483. The molecule has 0 aromatic heterocycles. The summed E-state index contributed by atoms with van der Waals surface area (Å²) in [6.07, 6.45) is 0.322. The lowest BCUT2D eigenvalue weighted by molar-refractivity contribution is 0.00692. The van der Waals surface area contributed by atoms with Gasteiger partial charge in [-0.2, -0.15) is 8.42 Å². The number of ether oxygens (including phenoxy) is 1. The van der Waals surface area contributed by atoms with Crippen LogP contribution in [0.3, 0.4) is 0 Å². The van der Waals surface area contributed by atoms with Gasteiger partial charge in [-0.15, -0.1) is 3.89 Å². The van der Waals surface area contributed by atoms with Crippen molar-refractivity contribution in [3.05, 3.63) is 29.3 Å². The SMILES string of the molecule is CC(C)(C)OC(=O)c1cc(C=O)cc(S(=O)(=O)F)c1. The number of carbonyl (C=O) groups excluding carboxylic acids is 2. The lowest BCUT2D eigenvalue weighted by Crippen LogP contribution is -2.24. The largest absolute Gasteiger partial charge is 0.456 e. The lowest BCUT2D eigenvalue weighted by Gasteiger charge is -2.19.